The number of fused-ring (bicyclic) bond motifs is 2. The summed E-state index contributed by atoms with van der Waals surface area (Å²) in [6, 6.07) is -5.78. The van der Waals surface area contributed by atoms with Gasteiger partial charge in [-0.3, -0.25) is 4.79 Å². The molecule has 0 saturated heterocycles. The highest BCUT2D eigenvalue weighted by Crippen LogP contribution is 2.52. The van der Waals surface area contributed by atoms with Gasteiger partial charge in [-0.05, 0) is 60.6 Å². The van der Waals surface area contributed by atoms with Crippen molar-refractivity contribution < 1.29 is 55.5 Å². The molecule has 1 aliphatic carbocycles. The number of nitrogens with zero attached hydrogens (tertiary/aromatic N) is 1. The molecule has 198 valence electrons. The zero-order valence-corrected chi connectivity index (χ0v) is 19.8. The zero-order valence-electron chi connectivity index (χ0n) is 32.8. The van der Waals surface area contributed by atoms with Crippen LogP contribution in [0.3, 0.4) is 0 Å². The van der Waals surface area contributed by atoms with Gasteiger partial charge in [0.2, 0.25) is 0 Å². The number of aromatic nitrogens is 1. The molecule has 0 unspecified atom stereocenters. The van der Waals surface area contributed by atoms with Crippen LogP contribution in [0.1, 0.15) is 74.6 Å². The number of Topliss-reactive ketones (excluding diaryl/α,β-unsaturated/α-hetero) is 1. The molecule has 37 heavy (non-hydrogen) atoms. The summed E-state index contributed by atoms with van der Waals surface area (Å²) in [6.45, 7) is -4.58. The molecule has 1 atom stereocenters. The molecule has 2 aliphatic rings. The van der Waals surface area contributed by atoms with Crippen molar-refractivity contribution in [2.24, 2.45) is 0 Å². The molecule has 5 rings (SSSR count). The topological polar surface area (TPSA) is 80.9 Å². The Kier molecular flexibility index (Phi) is 3.37. The van der Waals surface area contributed by atoms with Crippen molar-refractivity contribution in [2.45, 2.75) is 76.1 Å². The van der Waals surface area contributed by atoms with E-state index >= 15 is 4.39 Å². The quantitative estimate of drug-likeness (QED) is 0.408. The van der Waals surface area contributed by atoms with Gasteiger partial charge in [0, 0.05) is 25.7 Å². The smallest absolute Gasteiger partial charge is 0.395 e. The Morgan fingerprint density at radius 1 is 1.24 bits per heavy atom. The molecule has 2 heterocycles. The van der Waals surface area contributed by atoms with Crippen molar-refractivity contribution in [3.05, 3.63) is 58.9 Å². The van der Waals surface area contributed by atoms with Gasteiger partial charge in [-0.1, -0.05) is 26.8 Å². The van der Waals surface area contributed by atoms with E-state index in [1.807, 2.05) is 0 Å². The number of carbonyl (C=O) groups is 1. The average molecular weight is 531 g/mol. The third-order valence-corrected chi connectivity index (χ3v) is 6.52. The molecule has 0 amide bonds. The van der Waals surface area contributed by atoms with Gasteiger partial charge in [-0.2, -0.15) is 0 Å². The van der Waals surface area contributed by atoms with E-state index in [1.54, 1.807) is 0 Å². The summed E-state index contributed by atoms with van der Waals surface area (Å²) >= 11 is 0. The summed E-state index contributed by atoms with van der Waals surface area (Å²) in [5.74, 6) is -4.41. The highest BCUT2D eigenvalue weighted by atomic mass is 19.3. The van der Waals surface area contributed by atoms with Gasteiger partial charge in [0.15, 0.2) is 11.5 Å². The molecule has 0 spiro atoms. The van der Waals surface area contributed by atoms with Crippen LogP contribution in [0.4, 0.5) is 13.2 Å². The molecule has 9 heteroatoms. The van der Waals surface area contributed by atoms with E-state index in [0.717, 1.165) is 20.8 Å². The van der Waals surface area contributed by atoms with Crippen LogP contribution in [0.25, 0.3) is 10.9 Å². The maximum Gasteiger partial charge on any atom is 0.586 e. The Labute approximate surface area is 230 Å². The lowest BCUT2D eigenvalue weighted by Crippen LogP contribution is -2.26. The molecule has 0 bridgehead atoms. The lowest BCUT2D eigenvalue weighted by molar-refractivity contribution is -0.286. The van der Waals surface area contributed by atoms with Crippen LogP contribution in [-0.2, 0) is 28.5 Å². The fourth-order valence-electron chi connectivity index (χ4n) is 4.11. The molecular formula is C28H30F3NO5. The van der Waals surface area contributed by atoms with Crippen LogP contribution in [0.15, 0.2) is 36.3 Å². The van der Waals surface area contributed by atoms with Crippen LogP contribution in [0, 0.1) is 5.82 Å². The first kappa shape index (κ1) is 14.2. The summed E-state index contributed by atoms with van der Waals surface area (Å²) in [5.41, 5.74) is -6.93. The van der Waals surface area contributed by atoms with E-state index in [0.29, 0.717) is 0 Å². The highest BCUT2D eigenvalue weighted by Gasteiger charge is 2.52. The second kappa shape index (κ2) is 8.77. The normalized spacial score (nSPS) is 25.4. The van der Waals surface area contributed by atoms with Crippen LogP contribution in [0.5, 0.6) is 11.5 Å². The third-order valence-electron chi connectivity index (χ3n) is 6.52. The third kappa shape index (κ3) is 4.48. The summed E-state index contributed by atoms with van der Waals surface area (Å²) in [4.78, 5) is 13.9. The largest absolute Gasteiger partial charge is 0.586 e. The van der Waals surface area contributed by atoms with Crippen molar-refractivity contribution in [1.29, 1.82) is 0 Å². The summed E-state index contributed by atoms with van der Waals surface area (Å²) in [6.07, 6.45) is -12.0. The molecule has 1 fully saturated rings. The first-order valence-corrected chi connectivity index (χ1v) is 11.1. The number of hydrogen-bond acceptors (Lipinski definition) is 5. The number of halogens is 3. The van der Waals surface area contributed by atoms with Gasteiger partial charge in [0.05, 0.1) is 45.1 Å². The second-order valence-corrected chi connectivity index (χ2v) is 9.28. The summed E-state index contributed by atoms with van der Waals surface area (Å²) < 4.78 is 161. The number of alkyl halides is 2. The number of rotatable bonds is 9. The SMILES string of the molecule is [2H]c1c([2H])c(C2(C(=O)Cc3c(F)c([2H])c4c(c3[2H])c([2H])c(C(C)(C)C([2H])([2H])C)n4C([2H])([2H])[C@]([2H])(O)C([2H])([2H])O)CC2)c([2H])c2c1OC(F)(F)O2. The highest BCUT2D eigenvalue weighted by molar-refractivity contribution is 5.95. The molecule has 1 aliphatic heterocycles. The zero-order chi connectivity index (χ0) is 38.3. The fraction of sp³-hybridized carbons (Fsp3) is 0.464. The van der Waals surface area contributed by atoms with Crippen molar-refractivity contribution in [3.8, 4) is 11.5 Å². The molecule has 3 aromatic rings. The number of aliphatic hydroxyl groups is 2. The number of carbonyl (C=O) groups excluding carboxylic acids is 1. The lowest BCUT2D eigenvalue weighted by atomic mass is 9.86. The van der Waals surface area contributed by atoms with E-state index in [-0.39, 0.29) is 17.4 Å². The number of ketones is 1. The predicted octanol–water partition coefficient (Wildman–Crippen LogP) is 4.99. The fourth-order valence-corrected chi connectivity index (χ4v) is 4.11. The number of benzene rings is 2. The van der Waals surface area contributed by atoms with Crippen LogP contribution in [-0.4, -0.2) is 39.5 Å². The van der Waals surface area contributed by atoms with E-state index in [9.17, 15) is 23.8 Å². The predicted molar refractivity (Wildman–Crippen MR) is 131 cm³/mol. The van der Waals surface area contributed by atoms with Gasteiger partial charge in [-0.15, -0.1) is 8.78 Å². The van der Waals surface area contributed by atoms with Gasteiger partial charge in [0.1, 0.15) is 11.6 Å². The van der Waals surface area contributed by atoms with E-state index in [2.05, 4.69) is 9.47 Å². The minimum atomic E-state index is -4.26. The Morgan fingerprint density at radius 2 is 1.95 bits per heavy atom. The van der Waals surface area contributed by atoms with E-state index < -0.39 is 136 Å². The molecule has 0 radical (unpaired) electrons. The molecular weight excluding hydrogens is 487 g/mol. The maximum atomic E-state index is 16.2. The van der Waals surface area contributed by atoms with Crippen LogP contribution < -0.4 is 9.47 Å². The average Bonchev–Trinajstić information content (AvgIpc) is 3.59. The van der Waals surface area contributed by atoms with Crippen LogP contribution in [0.2, 0.25) is 0 Å². The monoisotopic (exact) mass is 530 g/mol. The first-order chi connectivity index (χ1) is 22.4. The molecule has 6 nitrogen and oxygen atoms in total. The number of ether oxygens (including phenoxy) is 2. The Bertz CT molecular complexity index is 1980. The second-order valence-electron chi connectivity index (χ2n) is 9.28. The van der Waals surface area contributed by atoms with Gasteiger partial charge in [0.25, 0.3) is 0 Å². The standard InChI is InChI=1S/C28H30F3NO5/c1-4-26(2,3)24-10-17-9-16(20(29)13-21(17)32(24)14-19(34)15-33)11-25(35)27(7-8-27)18-5-6-22-23(12-18)37-28(30,31)36-22/h5-6,9-10,12-13,19,33-34H,4,7-8,11,14-15H2,1-3H3/t19-/m0/s1/i4D2,5D,6D,9D,10D,12D,13D,14D2,15D2,19D. The Hall–Kier alpha value is -3.04. The summed E-state index contributed by atoms with van der Waals surface area (Å²) in [5, 5.41) is 19.9. The molecule has 1 aromatic heterocycles. The van der Waals surface area contributed by atoms with Crippen molar-refractivity contribution >= 4 is 16.7 Å². The Morgan fingerprint density at radius 3 is 2.59 bits per heavy atom. The van der Waals surface area contributed by atoms with Crippen molar-refractivity contribution in [3.63, 3.8) is 0 Å². The summed E-state index contributed by atoms with van der Waals surface area (Å²) in [7, 11) is 0. The van der Waals surface area contributed by atoms with Crippen molar-refractivity contribution in [2.75, 3.05) is 6.56 Å². The van der Waals surface area contributed by atoms with Gasteiger partial charge >= 0.3 is 6.29 Å². The molecule has 1 saturated carbocycles. The minimum absolute atomic E-state index is 0.0978. The molecule has 2 N–H and O–H groups in total. The first-order valence-electron chi connectivity index (χ1n) is 17.6. The van der Waals surface area contributed by atoms with Gasteiger partial charge < -0.3 is 24.3 Å². The lowest BCUT2D eigenvalue weighted by Gasteiger charge is -2.26. The molecule has 2 aromatic carbocycles. The van der Waals surface area contributed by atoms with Gasteiger partial charge in [-0.25, -0.2) is 4.39 Å². The van der Waals surface area contributed by atoms with Crippen LogP contribution >= 0.6 is 0 Å². The maximum absolute atomic E-state index is 16.2. The Balaban J connectivity index is 1.75. The van der Waals surface area contributed by atoms with E-state index in [4.69, 9.17) is 17.8 Å². The van der Waals surface area contributed by atoms with E-state index in [1.165, 1.54) is 0 Å². The minimum Gasteiger partial charge on any atom is -0.395 e. The van der Waals surface area contributed by atoms with Crippen molar-refractivity contribution in [1.82, 2.24) is 4.57 Å². The number of hydrogen-bond donors (Lipinski definition) is 2.